The summed E-state index contributed by atoms with van der Waals surface area (Å²) >= 11 is 0. The van der Waals surface area contributed by atoms with E-state index < -0.39 is 15.9 Å². The van der Waals surface area contributed by atoms with Crippen molar-refractivity contribution in [3.63, 3.8) is 0 Å². The van der Waals surface area contributed by atoms with Crippen LogP contribution in [0.15, 0.2) is 41.3 Å². The van der Waals surface area contributed by atoms with Crippen LogP contribution in [-0.2, 0) is 10.0 Å². The monoisotopic (exact) mass is 415 g/mol. The number of nitrogens with zero attached hydrogens (tertiary/aromatic N) is 1. The fourth-order valence-electron chi connectivity index (χ4n) is 3.78. The molecule has 0 radical (unpaired) electrons. The van der Waals surface area contributed by atoms with Crippen molar-refractivity contribution < 1.29 is 17.9 Å². The fourth-order valence-corrected chi connectivity index (χ4v) is 4.83. The first-order valence-corrected chi connectivity index (χ1v) is 11.3. The minimum Gasteiger partial charge on any atom is -0.454 e. The lowest BCUT2D eigenvalue weighted by atomic mass is 9.95. The molecule has 4 rings (SSSR count). The van der Waals surface area contributed by atoms with E-state index in [1.165, 1.54) is 26.6 Å². The summed E-state index contributed by atoms with van der Waals surface area (Å²) in [7, 11) is -0.791. The van der Waals surface area contributed by atoms with E-state index in [0.29, 0.717) is 22.9 Å². The van der Waals surface area contributed by atoms with Crippen molar-refractivity contribution in [2.45, 2.75) is 43.0 Å². The van der Waals surface area contributed by atoms with Gasteiger partial charge in [-0.05, 0) is 31.0 Å². The van der Waals surface area contributed by atoms with E-state index in [1.807, 2.05) is 6.07 Å². The number of carbonyl (C=O) groups excluding carboxylic acids is 1. The molecule has 0 bridgehead atoms. The second-order valence-electron chi connectivity index (χ2n) is 7.66. The molecule has 1 amide bonds. The van der Waals surface area contributed by atoms with Crippen LogP contribution >= 0.6 is 0 Å². The van der Waals surface area contributed by atoms with Crippen LogP contribution in [0, 0.1) is 0 Å². The first kappa shape index (κ1) is 19.7. The van der Waals surface area contributed by atoms with Gasteiger partial charge in [0.2, 0.25) is 10.0 Å². The van der Waals surface area contributed by atoms with Gasteiger partial charge in [-0.3, -0.25) is 4.79 Å². The molecule has 0 spiro atoms. The van der Waals surface area contributed by atoms with E-state index in [9.17, 15) is 13.2 Å². The maximum atomic E-state index is 13.0. The number of hydrogen-bond donors (Lipinski definition) is 2. The average molecular weight is 416 g/mol. The molecular formula is C21H25N3O4S. The van der Waals surface area contributed by atoms with Crippen molar-refractivity contribution in [2.75, 3.05) is 24.7 Å². The zero-order chi connectivity index (χ0) is 20.6. The molecule has 8 heteroatoms. The summed E-state index contributed by atoms with van der Waals surface area (Å²) in [6.45, 7) is 0. The molecule has 29 heavy (non-hydrogen) atoms. The zero-order valence-corrected chi connectivity index (χ0v) is 17.4. The number of carbonyl (C=O) groups is 1. The van der Waals surface area contributed by atoms with Gasteiger partial charge in [0, 0.05) is 26.2 Å². The first-order valence-electron chi connectivity index (χ1n) is 9.81. The third kappa shape index (κ3) is 3.82. The number of hydrogen-bond acceptors (Lipinski definition) is 5. The van der Waals surface area contributed by atoms with Crippen molar-refractivity contribution in [3.05, 3.63) is 42.0 Å². The molecule has 2 aromatic carbocycles. The second kappa shape index (κ2) is 7.68. The molecule has 1 fully saturated rings. The van der Waals surface area contributed by atoms with Crippen molar-refractivity contribution in [3.8, 4) is 11.5 Å². The molecule has 7 nitrogen and oxygen atoms in total. The molecule has 154 valence electrons. The van der Waals surface area contributed by atoms with Crippen LogP contribution in [-0.4, -0.2) is 38.8 Å². The largest absolute Gasteiger partial charge is 0.454 e. The summed E-state index contributed by atoms with van der Waals surface area (Å²) in [6.07, 6.45) is 5.41. The van der Waals surface area contributed by atoms with Crippen LogP contribution in [0.4, 0.5) is 11.4 Å². The molecular weight excluding hydrogens is 390 g/mol. The van der Waals surface area contributed by atoms with Gasteiger partial charge in [-0.1, -0.05) is 31.4 Å². The van der Waals surface area contributed by atoms with Crippen LogP contribution in [0.3, 0.4) is 0 Å². The minimum atomic E-state index is -3.76. The van der Waals surface area contributed by atoms with Crippen molar-refractivity contribution in [1.82, 2.24) is 4.31 Å². The number of para-hydroxylation sites is 2. The molecule has 2 aliphatic rings. The number of nitrogens with one attached hydrogen (secondary N) is 2. The Morgan fingerprint density at radius 3 is 2.52 bits per heavy atom. The number of benzene rings is 2. The summed E-state index contributed by atoms with van der Waals surface area (Å²) in [5.41, 5.74) is 1.21. The van der Waals surface area contributed by atoms with E-state index in [-0.39, 0.29) is 16.5 Å². The van der Waals surface area contributed by atoms with Crippen LogP contribution in [0.2, 0.25) is 0 Å². The van der Waals surface area contributed by atoms with Gasteiger partial charge in [0.25, 0.3) is 5.91 Å². The first-order chi connectivity index (χ1) is 13.9. The maximum Gasteiger partial charge on any atom is 0.259 e. The van der Waals surface area contributed by atoms with Gasteiger partial charge >= 0.3 is 0 Å². The Balaban J connectivity index is 1.83. The van der Waals surface area contributed by atoms with Gasteiger partial charge in [-0.2, -0.15) is 0 Å². The minimum absolute atomic E-state index is 0.0801. The highest BCUT2D eigenvalue weighted by atomic mass is 32.2. The quantitative estimate of drug-likeness (QED) is 0.787. The third-order valence-corrected chi connectivity index (χ3v) is 7.26. The Morgan fingerprint density at radius 2 is 1.79 bits per heavy atom. The lowest BCUT2D eigenvalue weighted by molar-refractivity contribution is 0.102. The predicted octanol–water partition coefficient (Wildman–Crippen LogP) is 4.04. The normalized spacial score (nSPS) is 17.0. The summed E-state index contributed by atoms with van der Waals surface area (Å²) in [5.74, 6) is 0.458. The van der Waals surface area contributed by atoms with Gasteiger partial charge in [0.05, 0.1) is 16.9 Å². The highest BCUT2D eigenvalue weighted by Crippen LogP contribution is 2.40. The van der Waals surface area contributed by atoms with Crippen molar-refractivity contribution in [1.29, 1.82) is 0 Å². The van der Waals surface area contributed by atoms with Gasteiger partial charge < -0.3 is 15.4 Å². The lowest BCUT2D eigenvalue weighted by Gasteiger charge is -2.26. The smallest absolute Gasteiger partial charge is 0.259 e. The van der Waals surface area contributed by atoms with Gasteiger partial charge in [-0.25, -0.2) is 12.7 Å². The predicted molar refractivity (Wildman–Crippen MR) is 112 cm³/mol. The molecule has 2 N–H and O–H groups in total. The number of rotatable bonds is 4. The summed E-state index contributed by atoms with van der Waals surface area (Å²) in [4.78, 5) is 12.9. The van der Waals surface area contributed by atoms with E-state index in [1.54, 1.807) is 24.3 Å². The van der Waals surface area contributed by atoms with Gasteiger partial charge in [0.15, 0.2) is 5.75 Å². The maximum absolute atomic E-state index is 13.0. The fraction of sp³-hybridized carbons (Fsp3) is 0.381. The molecule has 0 unspecified atom stereocenters. The highest BCUT2D eigenvalue weighted by molar-refractivity contribution is 7.89. The Hall–Kier alpha value is -2.58. The number of sulfonamides is 1. The highest BCUT2D eigenvalue weighted by Gasteiger charge is 2.29. The third-order valence-electron chi connectivity index (χ3n) is 5.41. The van der Waals surface area contributed by atoms with E-state index in [0.717, 1.165) is 30.0 Å². The molecule has 1 aliphatic heterocycles. The summed E-state index contributed by atoms with van der Waals surface area (Å²) < 4.78 is 33.2. The summed E-state index contributed by atoms with van der Waals surface area (Å²) in [5, 5.41) is 6.20. The van der Waals surface area contributed by atoms with E-state index in [4.69, 9.17) is 4.74 Å². The van der Waals surface area contributed by atoms with Crippen LogP contribution in [0.1, 0.15) is 42.5 Å². The summed E-state index contributed by atoms with van der Waals surface area (Å²) in [6, 6.07) is 10.4. The molecule has 0 saturated heterocycles. The number of amides is 1. The SMILES string of the molecule is CN(C)S(=O)(=O)c1cc2c(cc1NC1CCCCC1)Oc1ccccc1NC2=O. The van der Waals surface area contributed by atoms with Crippen LogP contribution < -0.4 is 15.4 Å². The molecule has 0 aromatic heterocycles. The number of ether oxygens (including phenoxy) is 1. The molecule has 1 heterocycles. The Kier molecular flexibility index (Phi) is 5.23. The zero-order valence-electron chi connectivity index (χ0n) is 16.6. The van der Waals surface area contributed by atoms with Gasteiger partial charge in [0.1, 0.15) is 10.6 Å². The van der Waals surface area contributed by atoms with Crippen LogP contribution in [0.5, 0.6) is 11.5 Å². The van der Waals surface area contributed by atoms with Crippen molar-refractivity contribution in [2.24, 2.45) is 0 Å². The average Bonchev–Trinajstić information content (AvgIpc) is 2.83. The lowest BCUT2D eigenvalue weighted by Crippen LogP contribution is -2.27. The Morgan fingerprint density at radius 1 is 1.07 bits per heavy atom. The molecule has 2 aromatic rings. The van der Waals surface area contributed by atoms with E-state index >= 15 is 0 Å². The number of fused-ring (bicyclic) bond motifs is 2. The Labute approximate surface area is 171 Å². The van der Waals surface area contributed by atoms with Crippen LogP contribution in [0.25, 0.3) is 0 Å². The molecule has 0 atom stereocenters. The van der Waals surface area contributed by atoms with Gasteiger partial charge in [-0.15, -0.1) is 0 Å². The second-order valence-corrected chi connectivity index (χ2v) is 9.78. The topological polar surface area (TPSA) is 87.7 Å². The van der Waals surface area contributed by atoms with Crippen molar-refractivity contribution >= 4 is 27.3 Å². The Bertz CT molecular complexity index is 1040. The number of anilines is 2. The molecule has 1 aliphatic carbocycles. The molecule has 1 saturated carbocycles. The standard InChI is InChI=1S/C21H25N3O4S/c1-24(2)29(26,27)20-12-15-19(13-17(20)22-14-8-4-3-5-9-14)28-18-11-7-6-10-16(18)23-21(15)25/h6-7,10-14,22H,3-5,8-9H2,1-2H3,(H,23,25). The van der Waals surface area contributed by atoms with E-state index in [2.05, 4.69) is 10.6 Å².